The van der Waals surface area contributed by atoms with Gasteiger partial charge < -0.3 is 19.9 Å². The van der Waals surface area contributed by atoms with E-state index in [1.165, 1.54) is 13.2 Å². The second-order valence-electron chi connectivity index (χ2n) is 5.83. The van der Waals surface area contributed by atoms with Gasteiger partial charge in [0.2, 0.25) is 0 Å². The lowest BCUT2D eigenvalue weighted by molar-refractivity contribution is -0.139. The van der Waals surface area contributed by atoms with Crippen LogP contribution in [0.15, 0.2) is 12.1 Å². The molecule has 0 radical (unpaired) electrons. The predicted molar refractivity (Wildman–Crippen MR) is 82.5 cm³/mol. The average molecular weight is 348 g/mol. The Bertz CT molecular complexity index is 577. The monoisotopic (exact) mass is 347 g/mol. The summed E-state index contributed by atoms with van der Waals surface area (Å²) in [5.74, 6) is -2.11. The maximum absolute atomic E-state index is 13.8. The highest BCUT2D eigenvalue weighted by molar-refractivity contribution is 6.32. The molecule has 0 aliphatic heterocycles. The molecule has 1 rings (SSSR count). The fourth-order valence-corrected chi connectivity index (χ4v) is 2.12. The van der Waals surface area contributed by atoms with Crippen LogP contribution in [0.3, 0.4) is 0 Å². The highest BCUT2D eigenvalue weighted by Gasteiger charge is 2.25. The van der Waals surface area contributed by atoms with E-state index < -0.39 is 29.5 Å². The number of amides is 1. The Morgan fingerprint density at radius 3 is 2.43 bits per heavy atom. The van der Waals surface area contributed by atoms with Crippen molar-refractivity contribution in [1.82, 2.24) is 5.32 Å². The van der Waals surface area contributed by atoms with Crippen LogP contribution in [0, 0.1) is 5.82 Å². The minimum Gasteiger partial charge on any atom is -0.492 e. The van der Waals surface area contributed by atoms with Crippen LogP contribution in [0.25, 0.3) is 0 Å². The standard InChI is InChI=1S/C15H19ClFNO5/c1-15(2,3)23-14(21)18-11(13(19)20)7-8-5-9(16)12(22-4)10(17)6-8/h5-6,11H,7H2,1-4H3,(H,18,21)(H,19,20). The van der Waals surface area contributed by atoms with Gasteiger partial charge in [-0.15, -0.1) is 0 Å². The maximum atomic E-state index is 13.8. The van der Waals surface area contributed by atoms with Crippen LogP contribution in [0.2, 0.25) is 5.02 Å². The van der Waals surface area contributed by atoms with Gasteiger partial charge in [-0.2, -0.15) is 0 Å². The molecule has 2 N–H and O–H groups in total. The minimum atomic E-state index is -1.28. The normalized spacial score (nSPS) is 12.4. The van der Waals surface area contributed by atoms with Crippen LogP contribution in [0.4, 0.5) is 9.18 Å². The largest absolute Gasteiger partial charge is 0.492 e. The molecule has 0 saturated heterocycles. The van der Waals surface area contributed by atoms with Gasteiger partial charge in [-0.05, 0) is 38.5 Å². The summed E-state index contributed by atoms with van der Waals surface area (Å²) < 4.78 is 23.6. The average Bonchev–Trinajstić information content (AvgIpc) is 2.35. The molecule has 0 aliphatic carbocycles. The van der Waals surface area contributed by atoms with Crippen molar-refractivity contribution in [1.29, 1.82) is 0 Å². The number of methoxy groups -OCH3 is 1. The fraction of sp³-hybridized carbons (Fsp3) is 0.467. The molecule has 0 fully saturated rings. The highest BCUT2D eigenvalue weighted by atomic mass is 35.5. The van der Waals surface area contributed by atoms with Crippen molar-refractivity contribution in [3.8, 4) is 5.75 Å². The van der Waals surface area contributed by atoms with Crippen LogP contribution >= 0.6 is 11.6 Å². The molecule has 0 aliphatic rings. The van der Waals surface area contributed by atoms with Crippen LogP contribution < -0.4 is 10.1 Å². The minimum absolute atomic E-state index is 0.0175. The molecule has 1 aromatic rings. The van der Waals surface area contributed by atoms with Crippen LogP contribution in [-0.4, -0.2) is 35.9 Å². The first-order valence-corrected chi connectivity index (χ1v) is 7.15. The molecule has 0 bridgehead atoms. The summed E-state index contributed by atoms with van der Waals surface area (Å²) in [6, 6.07) is 1.21. The topological polar surface area (TPSA) is 84.9 Å². The third-order valence-electron chi connectivity index (χ3n) is 2.69. The SMILES string of the molecule is COc1c(F)cc(CC(NC(=O)OC(C)(C)C)C(=O)O)cc1Cl. The summed E-state index contributed by atoms with van der Waals surface area (Å²) in [4.78, 5) is 23.0. The molecule has 0 aromatic heterocycles. The maximum Gasteiger partial charge on any atom is 0.408 e. The molecule has 8 heteroatoms. The summed E-state index contributed by atoms with van der Waals surface area (Å²) >= 11 is 5.87. The third kappa shape index (κ3) is 5.94. The fourth-order valence-electron chi connectivity index (χ4n) is 1.81. The lowest BCUT2D eigenvalue weighted by atomic mass is 10.1. The van der Waals surface area contributed by atoms with E-state index in [9.17, 15) is 19.1 Å². The van der Waals surface area contributed by atoms with Crippen molar-refractivity contribution in [3.05, 3.63) is 28.5 Å². The Hall–Kier alpha value is -2.02. The number of ether oxygens (including phenoxy) is 2. The van der Waals surface area contributed by atoms with Gasteiger partial charge in [-0.25, -0.2) is 14.0 Å². The van der Waals surface area contributed by atoms with Crippen LogP contribution in [0.5, 0.6) is 5.75 Å². The number of carboxylic acids is 1. The molecular weight excluding hydrogens is 329 g/mol. The van der Waals surface area contributed by atoms with Crippen molar-refractivity contribution in [2.24, 2.45) is 0 Å². The number of nitrogens with one attached hydrogen (secondary N) is 1. The van der Waals surface area contributed by atoms with Crippen molar-refractivity contribution >= 4 is 23.7 Å². The quantitative estimate of drug-likeness (QED) is 0.855. The number of alkyl carbamates (subject to hydrolysis) is 1. The highest BCUT2D eigenvalue weighted by Crippen LogP contribution is 2.29. The van der Waals surface area contributed by atoms with E-state index in [1.54, 1.807) is 20.8 Å². The summed E-state index contributed by atoms with van der Waals surface area (Å²) in [7, 11) is 1.27. The Labute approximate surface area is 138 Å². The number of rotatable bonds is 5. The molecule has 1 atom stereocenters. The molecule has 128 valence electrons. The Morgan fingerprint density at radius 2 is 2.00 bits per heavy atom. The van der Waals surface area contributed by atoms with E-state index in [0.717, 1.165) is 6.07 Å². The number of carbonyl (C=O) groups is 2. The second-order valence-corrected chi connectivity index (χ2v) is 6.24. The van der Waals surface area contributed by atoms with E-state index in [1.807, 2.05) is 0 Å². The summed E-state index contributed by atoms with van der Waals surface area (Å²) in [6.07, 6.45) is -1.03. The van der Waals surface area contributed by atoms with Crippen LogP contribution in [-0.2, 0) is 16.0 Å². The number of aliphatic carboxylic acids is 1. The van der Waals surface area contributed by atoms with Gasteiger partial charge in [0.15, 0.2) is 11.6 Å². The first kappa shape index (κ1) is 19.0. The zero-order chi connectivity index (χ0) is 17.8. The van der Waals surface area contributed by atoms with Crippen molar-refractivity contribution in [3.63, 3.8) is 0 Å². The molecule has 23 heavy (non-hydrogen) atoms. The smallest absolute Gasteiger partial charge is 0.408 e. The number of carbonyl (C=O) groups excluding carboxylic acids is 1. The molecule has 0 spiro atoms. The molecule has 0 saturated carbocycles. The molecule has 0 heterocycles. The lowest BCUT2D eigenvalue weighted by Gasteiger charge is -2.22. The Morgan fingerprint density at radius 1 is 1.39 bits per heavy atom. The third-order valence-corrected chi connectivity index (χ3v) is 2.97. The Balaban J connectivity index is 2.89. The van der Waals surface area contributed by atoms with Crippen molar-refractivity contribution < 1.29 is 28.6 Å². The number of benzene rings is 1. The van der Waals surface area contributed by atoms with Gasteiger partial charge in [0.05, 0.1) is 12.1 Å². The molecule has 1 amide bonds. The Kier molecular flexibility index (Phi) is 6.20. The zero-order valence-corrected chi connectivity index (χ0v) is 14.0. The first-order valence-electron chi connectivity index (χ1n) is 6.77. The first-order chi connectivity index (χ1) is 10.5. The number of hydrogen-bond donors (Lipinski definition) is 2. The van der Waals surface area contributed by atoms with Gasteiger partial charge >= 0.3 is 12.1 Å². The van der Waals surface area contributed by atoms with E-state index in [2.05, 4.69) is 5.32 Å². The molecular formula is C15H19ClFNO5. The predicted octanol–water partition coefficient (Wildman–Crippen LogP) is 3.01. The van der Waals surface area contributed by atoms with Gasteiger partial charge in [-0.1, -0.05) is 11.6 Å². The van der Waals surface area contributed by atoms with E-state index in [0.29, 0.717) is 5.56 Å². The second kappa shape index (κ2) is 7.50. The van der Waals surface area contributed by atoms with Gasteiger partial charge in [0.1, 0.15) is 11.6 Å². The molecule has 1 unspecified atom stereocenters. The summed E-state index contributed by atoms with van der Waals surface area (Å²) in [6.45, 7) is 4.96. The van der Waals surface area contributed by atoms with Gasteiger partial charge in [0, 0.05) is 6.42 Å². The zero-order valence-electron chi connectivity index (χ0n) is 13.3. The van der Waals surface area contributed by atoms with Gasteiger partial charge in [-0.3, -0.25) is 0 Å². The summed E-state index contributed by atoms with van der Waals surface area (Å²) in [5.41, 5.74) is -0.459. The number of halogens is 2. The van der Waals surface area contributed by atoms with E-state index in [4.69, 9.17) is 21.1 Å². The summed E-state index contributed by atoms with van der Waals surface area (Å²) in [5, 5.41) is 11.4. The van der Waals surface area contributed by atoms with Gasteiger partial charge in [0.25, 0.3) is 0 Å². The molecule has 6 nitrogen and oxygen atoms in total. The van der Waals surface area contributed by atoms with E-state index in [-0.39, 0.29) is 17.2 Å². The van der Waals surface area contributed by atoms with E-state index >= 15 is 0 Å². The van der Waals surface area contributed by atoms with Crippen molar-refractivity contribution in [2.75, 3.05) is 7.11 Å². The lowest BCUT2D eigenvalue weighted by Crippen LogP contribution is -2.44. The van der Waals surface area contributed by atoms with Crippen molar-refractivity contribution in [2.45, 2.75) is 38.8 Å². The van der Waals surface area contributed by atoms with Crippen LogP contribution in [0.1, 0.15) is 26.3 Å². The number of hydrogen-bond acceptors (Lipinski definition) is 4. The number of carboxylic acid groups (broad SMARTS) is 1. The molecule has 1 aromatic carbocycles.